The second-order valence-corrected chi connectivity index (χ2v) is 8.98. The highest BCUT2D eigenvalue weighted by Gasteiger charge is 2.23. The molecule has 0 bridgehead atoms. The maximum atomic E-state index is 2.48. The highest BCUT2D eigenvalue weighted by Crippen LogP contribution is 2.41. The summed E-state index contributed by atoms with van der Waals surface area (Å²) in [4.78, 5) is 0. The zero-order chi connectivity index (χ0) is 16.6. The third kappa shape index (κ3) is 3.07. The standard InChI is InChI=1S/C22H28Si/c1-5-7-16-14-20-18(8-6-9-19(20)21(16)23)15-10-12-17(13-11-15)22(2,3)4/h6,8-14,21H,5,7H2,1-4,23H3. The van der Waals surface area contributed by atoms with Crippen LogP contribution in [0.2, 0.25) is 0 Å². The van der Waals surface area contributed by atoms with E-state index < -0.39 is 0 Å². The smallest absolute Gasteiger partial charge is 0.0175 e. The molecule has 23 heavy (non-hydrogen) atoms. The van der Waals surface area contributed by atoms with Gasteiger partial charge in [0, 0.05) is 10.2 Å². The van der Waals surface area contributed by atoms with Gasteiger partial charge in [-0.3, -0.25) is 0 Å². The van der Waals surface area contributed by atoms with Crippen LogP contribution in [0.25, 0.3) is 17.2 Å². The Morgan fingerprint density at radius 1 is 1.00 bits per heavy atom. The van der Waals surface area contributed by atoms with Crippen LogP contribution < -0.4 is 0 Å². The van der Waals surface area contributed by atoms with Crippen LogP contribution in [-0.2, 0) is 5.41 Å². The highest BCUT2D eigenvalue weighted by molar-refractivity contribution is 6.16. The topological polar surface area (TPSA) is 0 Å². The molecule has 1 aliphatic carbocycles. The molecule has 0 amide bonds. The van der Waals surface area contributed by atoms with E-state index in [9.17, 15) is 0 Å². The van der Waals surface area contributed by atoms with E-state index in [1.807, 2.05) is 0 Å². The van der Waals surface area contributed by atoms with Crippen molar-refractivity contribution in [1.82, 2.24) is 0 Å². The average Bonchev–Trinajstić information content (AvgIpc) is 2.84. The van der Waals surface area contributed by atoms with E-state index in [-0.39, 0.29) is 5.41 Å². The Hall–Kier alpha value is -1.60. The summed E-state index contributed by atoms with van der Waals surface area (Å²) in [7, 11) is 1.21. The molecule has 0 fully saturated rings. The van der Waals surface area contributed by atoms with Crippen LogP contribution in [0.4, 0.5) is 0 Å². The van der Waals surface area contributed by atoms with Crippen LogP contribution in [-0.4, -0.2) is 10.2 Å². The molecule has 1 aliphatic rings. The molecule has 2 aromatic rings. The van der Waals surface area contributed by atoms with Crippen molar-refractivity contribution in [2.24, 2.45) is 0 Å². The van der Waals surface area contributed by atoms with Gasteiger partial charge in [-0.2, -0.15) is 0 Å². The summed E-state index contributed by atoms with van der Waals surface area (Å²) in [5.41, 5.74) is 9.74. The minimum Gasteiger partial charge on any atom is -0.0658 e. The summed E-state index contributed by atoms with van der Waals surface area (Å²) in [6.45, 7) is 9.10. The largest absolute Gasteiger partial charge is 0.0658 e. The zero-order valence-electron chi connectivity index (χ0n) is 15.1. The molecule has 0 saturated heterocycles. The predicted molar refractivity (Wildman–Crippen MR) is 106 cm³/mol. The number of hydrogen-bond donors (Lipinski definition) is 0. The average molecular weight is 321 g/mol. The second-order valence-electron chi connectivity index (χ2n) is 7.83. The van der Waals surface area contributed by atoms with Gasteiger partial charge in [0.05, 0.1) is 0 Å². The van der Waals surface area contributed by atoms with E-state index in [4.69, 9.17) is 0 Å². The van der Waals surface area contributed by atoms with Crippen molar-refractivity contribution in [3.8, 4) is 11.1 Å². The predicted octanol–water partition coefficient (Wildman–Crippen LogP) is 5.25. The maximum absolute atomic E-state index is 2.48. The van der Waals surface area contributed by atoms with E-state index in [2.05, 4.69) is 76.2 Å². The van der Waals surface area contributed by atoms with Gasteiger partial charge in [-0.25, -0.2) is 0 Å². The molecule has 1 atom stereocenters. The Kier molecular flexibility index (Phi) is 4.33. The summed E-state index contributed by atoms with van der Waals surface area (Å²) >= 11 is 0. The lowest BCUT2D eigenvalue weighted by atomic mass is 9.86. The van der Waals surface area contributed by atoms with Gasteiger partial charge in [-0.1, -0.05) is 88.2 Å². The van der Waals surface area contributed by atoms with E-state index in [0.29, 0.717) is 5.54 Å². The Labute approximate surface area is 144 Å². The fraction of sp³-hybridized carbons (Fsp3) is 0.364. The first-order chi connectivity index (χ1) is 10.9. The van der Waals surface area contributed by atoms with Gasteiger partial charge in [0.1, 0.15) is 0 Å². The van der Waals surface area contributed by atoms with Crippen molar-refractivity contribution in [1.29, 1.82) is 0 Å². The Balaban J connectivity index is 2.03. The summed E-state index contributed by atoms with van der Waals surface area (Å²) < 4.78 is 0. The monoisotopic (exact) mass is 320 g/mol. The summed E-state index contributed by atoms with van der Waals surface area (Å²) in [5, 5.41) is 0. The van der Waals surface area contributed by atoms with Crippen LogP contribution in [0, 0.1) is 0 Å². The minimum atomic E-state index is 0.214. The van der Waals surface area contributed by atoms with Gasteiger partial charge in [0.25, 0.3) is 0 Å². The molecule has 3 rings (SSSR count). The molecule has 1 unspecified atom stereocenters. The molecular formula is C22H28Si. The summed E-state index contributed by atoms with van der Waals surface area (Å²) in [6, 6.07) is 16.0. The summed E-state index contributed by atoms with van der Waals surface area (Å²) in [6.07, 6.45) is 4.96. The normalized spacial score (nSPS) is 17.2. The minimum absolute atomic E-state index is 0.214. The molecule has 0 saturated carbocycles. The highest BCUT2D eigenvalue weighted by atomic mass is 28.1. The van der Waals surface area contributed by atoms with Gasteiger partial charge in [0.15, 0.2) is 0 Å². The van der Waals surface area contributed by atoms with Gasteiger partial charge in [-0.05, 0) is 45.2 Å². The first-order valence-electron chi connectivity index (χ1n) is 8.86. The Bertz CT molecular complexity index is 730. The van der Waals surface area contributed by atoms with Gasteiger partial charge >= 0.3 is 0 Å². The molecule has 0 spiro atoms. The maximum Gasteiger partial charge on any atom is 0.0175 e. The van der Waals surface area contributed by atoms with Gasteiger partial charge in [0.2, 0.25) is 0 Å². The molecule has 0 radical (unpaired) electrons. The SMILES string of the molecule is CCCC1=Cc2c(-c3ccc(C(C)(C)C)cc3)cccc2C1[SiH3]. The van der Waals surface area contributed by atoms with E-state index >= 15 is 0 Å². The molecule has 0 nitrogen and oxygen atoms in total. The molecule has 1 heteroatoms. The molecule has 0 aliphatic heterocycles. The Morgan fingerprint density at radius 2 is 1.70 bits per heavy atom. The molecule has 0 N–H and O–H groups in total. The van der Waals surface area contributed by atoms with Crippen molar-refractivity contribution in [2.45, 2.75) is 51.5 Å². The lowest BCUT2D eigenvalue weighted by Gasteiger charge is -2.19. The number of benzene rings is 2. The van der Waals surface area contributed by atoms with Crippen molar-refractivity contribution in [2.75, 3.05) is 0 Å². The molecule has 0 heterocycles. The third-order valence-corrected chi connectivity index (χ3v) is 6.46. The van der Waals surface area contributed by atoms with Crippen molar-refractivity contribution < 1.29 is 0 Å². The van der Waals surface area contributed by atoms with E-state index in [0.717, 1.165) is 0 Å². The van der Waals surface area contributed by atoms with Gasteiger partial charge in [-0.15, -0.1) is 0 Å². The molecule has 120 valence electrons. The molecule has 0 aromatic heterocycles. The van der Waals surface area contributed by atoms with Crippen LogP contribution >= 0.6 is 0 Å². The first kappa shape index (κ1) is 16.3. The van der Waals surface area contributed by atoms with Crippen molar-refractivity contribution in [3.63, 3.8) is 0 Å². The van der Waals surface area contributed by atoms with Gasteiger partial charge < -0.3 is 0 Å². The lowest BCUT2D eigenvalue weighted by Crippen LogP contribution is -2.10. The van der Waals surface area contributed by atoms with Crippen LogP contribution in [0.5, 0.6) is 0 Å². The Morgan fingerprint density at radius 3 is 2.30 bits per heavy atom. The van der Waals surface area contributed by atoms with E-state index in [1.54, 1.807) is 11.1 Å². The van der Waals surface area contributed by atoms with E-state index in [1.165, 1.54) is 45.3 Å². The molecular weight excluding hydrogens is 292 g/mol. The number of fused-ring (bicyclic) bond motifs is 1. The number of hydrogen-bond acceptors (Lipinski definition) is 0. The third-order valence-electron chi connectivity index (χ3n) is 5.09. The fourth-order valence-corrected chi connectivity index (χ4v) is 4.57. The second kappa shape index (κ2) is 6.12. The number of rotatable bonds is 3. The number of allylic oxidation sites excluding steroid dienone is 1. The quantitative estimate of drug-likeness (QED) is 0.677. The van der Waals surface area contributed by atoms with Crippen LogP contribution in [0.3, 0.4) is 0 Å². The zero-order valence-corrected chi connectivity index (χ0v) is 17.1. The van der Waals surface area contributed by atoms with Crippen LogP contribution in [0.1, 0.15) is 62.8 Å². The lowest BCUT2D eigenvalue weighted by molar-refractivity contribution is 0.590. The first-order valence-corrected chi connectivity index (χ1v) is 10.0. The molecule has 2 aromatic carbocycles. The van der Waals surface area contributed by atoms with Crippen molar-refractivity contribution >= 4 is 16.3 Å². The fourth-order valence-electron chi connectivity index (χ4n) is 3.61. The van der Waals surface area contributed by atoms with Crippen molar-refractivity contribution in [3.05, 3.63) is 64.7 Å². The summed E-state index contributed by atoms with van der Waals surface area (Å²) in [5.74, 6) is 0. The van der Waals surface area contributed by atoms with Crippen LogP contribution in [0.15, 0.2) is 48.0 Å².